The number of pyridine rings is 1. The molecule has 0 aliphatic heterocycles. The van der Waals surface area contributed by atoms with E-state index in [0.29, 0.717) is 16.5 Å². The molecule has 2 heterocycles. The quantitative estimate of drug-likeness (QED) is 0.308. The molecular formula is C23H18N2O4S. The van der Waals surface area contributed by atoms with Crippen LogP contribution in [0.25, 0.3) is 10.8 Å². The van der Waals surface area contributed by atoms with Gasteiger partial charge in [0.15, 0.2) is 11.7 Å². The third-order valence-corrected chi connectivity index (χ3v) is 5.79. The Morgan fingerprint density at radius 1 is 1.00 bits per heavy atom. The van der Waals surface area contributed by atoms with Gasteiger partial charge in [-0.25, -0.2) is 4.98 Å². The predicted octanol–water partition coefficient (Wildman–Crippen LogP) is 4.78. The van der Waals surface area contributed by atoms with E-state index in [9.17, 15) is 19.8 Å². The van der Waals surface area contributed by atoms with E-state index in [4.69, 9.17) is 0 Å². The number of H-pyrrole nitrogens is 1. The number of aromatic nitrogens is 2. The lowest BCUT2D eigenvalue weighted by atomic mass is 9.95. The molecule has 150 valence electrons. The molecule has 0 spiro atoms. The standard InChI is InChI=1S/C23H18N2O4S/c1-13-17-12-15(30-14-6-3-2-4-7-14)9-10-16(17)21(26)20(25-13)22(27)19(23(28)29)18-8-5-11-24-18/h2-12,19,24,26H,1H3,(H,28,29). The highest BCUT2D eigenvalue weighted by atomic mass is 32.2. The number of ketones is 1. The number of carboxylic acid groups (broad SMARTS) is 1. The molecular weight excluding hydrogens is 400 g/mol. The van der Waals surface area contributed by atoms with Crippen LogP contribution in [0, 0.1) is 6.92 Å². The molecule has 0 amide bonds. The zero-order valence-electron chi connectivity index (χ0n) is 16.0. The van der Waals surface area contributed by atoms with Crippen LogP contribution < -0.4 is 0 Å². The van der Waals surface area contributed by atoms with E-state index < -0.39 is 17.7 Å². The summed E-state index contributed by atoms with van der Waals surface area (Å²) in [4.78, 5) is 33.8. The van der Waals surface area contributed by atoms with Crippen molar-refractivity contribution in [3.63, 3.8) is 0 Å². The van der Waals surface area contributed by atoms with Gasteiger partial charge >= 0.3 is 5.97 Å². The molecule has 6 nitrogen and oxygen atoms in total. The summed E-state index contributed by atoms with van der Waals surface area (Å²) in [5.74, 6) is -3.86. The van der Waals surface area contributed by atoms with Crippen molar-refractivity contribution in [3.8, 4) is 5.75 Å². The van der Waals surface area contributed by atoms with Crippen LogP contribution in [-0.4, -0.2) is 31.9 Å². The number of carbonyl (C=O) groups is 2. The molecule has 0 radical (unpaired) electrons. The second-order valence-corrected chi connectivity index (χ2v) is 7.92. The van der Waals surface area contributed by atoms with Gasteiger partial charge in [-0.2, -0.15) is 0 Å². The van der Waals surface area contributed by atoms with Gasteiger partial charge in [0.1, 0.15) is 5.69 Å². The first-order chi connectivity index (χ1) is 14.5. The molecule has 0 saturated heterocycles. The highest BCUT2D eigenvalue weighted by Crippen LogP contribution is 2.36. The molecule has 2 aromatic heterocycles. The minimum absolute atomic E-state index is 0.237. The Balaban J connectivity index is 1.75. The Labute approximate surface area is 176 Å². The van der Waals surface area contributed by atoms with Crippen molar-refractivity contribution in [2.45, 2.75) is 22.6 Å². The van der Waals surface area contributed by atoms with Gasteiger partial charge in [-0.05, 0) is 49.4 Å². The Bertz CT molecular complexity index is 1240. The molecule has 0 saturated carbocycles. The first kappa shape index (κ1) is 19.7. The van der Waals surface area contributed by atoms with Gasteiger partial charge in [0.25, 0.3) is 0 Å². The first-order valence-corrected chi connectivity index (χ1v) is 10.0. The van der Waals surface area contributed by atoms with Crippen molar-refractivity contribution in [2.24, 2.45) is 0 Å². The summed E-state index contributed by atoms with van der Waals surface area (Å²) in [6.07, 6.45) is 1.55. The minimum Gasteiger partial charge on any atom is -0.505 e. The molecule has 4 aromatic rings. The lowest BCUT2D eigenvalue weighted by Gasteiger charge is -2.14. The third kappa shape index (κ3) is 3.67. The summed E-state index contributed by atoms with van der Waals surface area (Å²) in [5, 5.41) is 21.5. The average Bonchev–Trinajstić information content (AvgIpc) is 3.25. The van der Waals surface area contributed by atoms with Gasteiger partial charge in [-0.15, -0.1) is 0 Å². The molecule has 1 unspecified atom stereocenters. The van der Waals surface area contributed by atoms with Crippen molar-refractivity contribution in [2.75, 3.05) is 0 Å². The van der Waals surface area contributed by atoms with E-state index in [0.717, 1.165) is 9.79 Å². The SMILES string of the molecule is Cc1nc(C(=O)C(C(=O)O)c2ccc[nH]2)c(O)c2ccc(Sc3ccccc3)cc12. The predicted molar refractivity (Wildman–Crippen MR) is 114 cm³/mol. The number of Topliss-reactive ketones (excluding diaryl/α,β-unsaturated/α-hetero) is 1. The summed E-state index contributed by atoms with van der Waals surface area (Å²) >= 11 is 1.58. The van der Waals surface area contributed by atoms with Crippen molar-refractivity contribution < 1.29 is 19.8 Å². The monoisotopic (exact) mass is 418 g/mol. The van der Waals surface area contributed by atoms with Gasteiger partial charge in [-0.1, -0.05) is 30.0 Å². The van der Waals surface area contributed by atoms with E-state index >= 15 is 0 Å². The van der Waals surface area contributed by atoms with Crippen molar-refractivity contribution in [1.29, 1.82) is 0 Å². The van der Waals surface area contributed by atoms with Crippen molar-refractivity contribution >= 4 is 34.3 Å². The lowest BCUT2D eigenvalue weighted by molar-refractivity contribution is -0.137. The van der Waals surface area contributed by atoms with Crippen LogP contribution in [-0.2, 0) is 4.79 Å². The Morgan fingerprint density at radius 2 is 1.77 bits per heavy atom. The fourth-order valence-corrected chi connectivity index (χ4v) is 4.22. The maximum atomic E-state index is 13.0. The Morgan fingerprint density at radius 3 is 2.43 bits per heavy atom. The molecule has 4 rings (SSSR count). The van der Waals surface area contributed by atoms with E-state index in [1.807, 2.05) is 42.5 Å². The summed E-state index contributed by atoms with van der Waals surface area (Å²) in [7, 11) is 0. The summed E-state index contributed by atoms with van der Waals surface area (Å²) in [6, 6.07) is 18.5. The molecule has 2 aromatic carbocycles. The van der Waals surface area contributed by atoms with Gasteiger partial charge in [0, 0.05) is 38.1 Å². The number of aromatic hydroxyl groups is 1. The maximum Gasteiger partial charge on any atom is 0.320 e. The zero-order chi connectivity index (χ0) is 21.3. The smallest absolute Gasteiger partial charge is 0.320 e. The van der Waals surface area contributed by atoms with Crippen molar-refractivity contribution in [1.82, 2.24) is 9.97 Å². The second kappa shape index (κ2) is 8.04. The normalized spacial score (nSPS) is 12.0. The van der Waals surface area contributed by atoms with E-state index in [-0.39, 0.29) is 17.1 Å². The highest BCUT2D eigenvalue weighted by molar-refractivity contribution is 7.99. The molecule has 0 bridgehead atoms. The summed E-state index contributed by atoms with van der Waals surface area (Å²) in [5.41, 5.74) is 0.531. The Kier molecular flexibility index (Phi) is 5.29. The number of nitrogens with zero attached hydrogens (tertiary/aromatic N) is 1. The third-order valence-electron chi connectivity index (χ3n) is 4.79. The maximum absolute atomic E-state index is 13.0. The number of benzene rings is 2. The number of hydrogen-bond acceptors (Lipinski definition) is 5. The minimum atomic E-state index is -1.47. The summed E-state index contributed by atoms with van der Waals surface area (Å²) < 4.78 is 0. The number of fused-ring (bicyclic) bond motifs is 1. The highest BCUT2D eigenvalue weighted by Gasteiger charge is 2.33. The molecule has 7 heteroatoms. The van der Waals surface area contributed by atoms with Crippen LogP contribution in [0.15, 0.2) is 76.7 Å². The summed E-state index contributed by atoms with van der Waals surface area (Å²) in [6.45, 7) is 1.74. The van der Waals surface area contributed by atoms with Crippen LogP contribution >= 0.6 is 11.8 Å². The van der Waals surface area contributed by atoms with E-state index in [1.165, 1.54) is 6.07 Å². The lowest BCUT2D eigenvalue weighted by Crippen LogP contribution is -2.23. The number of nitrogens with one attached hydrogen (secondary N) is 1. The van der Waals surface area contributed by atoms with E-state index in [2.05, 4.69) is 9.97 Å². The van der Waals surface area contributed by atoms with Crippen molar-refractivity contribution in [3.05, 3.63) is 83.9 Å². The van der Waals surface area contributed by atoms with Crippen LogP contribution in [0.4, 0.5) is 0 Å². The van der Waals surface area contributed by atoms with Gasteiger partial charge in [0.2, 0.25) is 5.78 Å². The van der Waals surface area contributed by atoms with Crippen LogP contribution in [0.2, 0.25) is 0 Å². The number of aromatic amines is 1. The topological polar surface area (TPSA) is 103 Å². The fourth-order valence-electron chi connectivity index (χ4n) is 3.34. The number of rotatable bonds is 6. The average molecular weight is 418 g/mol. The Hall–Kier alpha value is -3.58. The van der Waals surface area contributed by atoms with Crippen LogP contribution in [0.3, 0.4) is 0 Å². The van der Waals surface area contributed by atoms with Gasteiger partial charge in [-0.3, -0.25) is 9.59 Å². The van der Waals surface area contributed by atoms with Crippen LogP contribution in [0.5, 0.6) is 5.75 Å². The van der Waals surface area contributed by atoms with Gasteiger partial charge in [0.05, 0.1) is 0 Å². The molecule has 0 fully saturated rings. The van der Waals surface area contributed by atoms with Gasteiger partial charge < -0.3 is 15.2 Å². The molecule has 0 aliphatic carbocycles. The first-order valence-electron chi connectivity index (χ1n) is 9.22. The number of carboxylic acids is 1. The molecule has 1 atom stereocenters. The van der Waals surface area contributed by atoms with Crippen LogP contribution in [0.1, 0.15) is 27.8 Å². The number of hydrogen-bond donors (Lipinski definition) is 3. The molecule has 0 aliphatic rings. The number of carbonyl (C=O) groups excluding carboxylic acids is 1. The number of aryl methyl sites for hydroxylation is 1. The zero-order valence-corrected chi connectivity index (χ0v) is 16.8. The van der Waals surface area contributed by atoms with E-state index in [1.54, 1.807) is 37.0 Å². The molecule has 30 heavy (non-hydrogen) atoms. The number of aliphatic carboxylic acids is 1. The fraction of sp³-hybridized carbons (Fsp3) is 0.0870. The molecule has 3 N–H and O–H groups in total. The largest absolute Gasteiger partial charge is 0.505 e. The second-order valence-electron chi connectivity index (χ2n) is 6.78.